The Balaban J connectivity index is 2.84. The van der Waals surface area contributed by atoms with Gasteiger partial charge in [-0.1, -0.05) is 0 Å². The first-order valence-electron chi connectivity index (χ1n) is 4.22. The lowest BCUT2D eigenvalue weighted by Gasteiger charge is -2.06. The normalized spacial score (nSPS) is 10.5. The smallest absolute Gasteiger partial charge is 0.252 e. The van der Waals surface area contributed by atoms with Gasteiger partial charge in [0.2, 0.25) is 0 Å². The molecule has 0 saturated heterocycles. The van der Waals surface area contributed by atoms with Gasteiger partial charge in [-0.25, -0.2) is 0 Å². The zero-order chi connectivity index (χ0) is 11.0. The van der Waals surface area contributed by atoms with Crippen molar-refractivity contribution in [1.82, 2.24) is 0 Å². The number of amides is 1. The first kappa shape index (κ1) is 9.79. The van der Waals surface area contributed by atoms with Gasteiger partial charge in [0.1, 0.15) is 11.5 Å². The van der Waals surface area contributed by atoms with Crippen LogP contribution in [0.1, 0.15) is 10.4 Å². The lowest BCUT2D eigenvalue weighted by Crippen LogP contribution is -2.11. The van der Waals surface area contributed by atoms with Gasteiger partial charge in [-0.3, -0.25) is 4.79 Å². The fourth-order valence-corrected chi connectivity index (χ4v) is 2.33. The Kier molecular flexibility index (Phi) is 2.24. The second kappa shape index (κ2) is 3.43. The molecule has 78 valence electrons. The van der Waals surface area contributed by atoms with Crippen LogP contribution in [-0.4, -0.2) is 18.1 Å². The average molecular weight is 223 g/mol. The first-order valence-corrected chi connectivity index (χ1v) is 5.10. The van der Waals surface area contributed by atoms with Gasteiger partial charge in [0.15, 0.2) is 0 Å². The number of carbonyl (C=O) groups is 1. The highest BCUT2D eigenvalue weighted by Crippen LogP contribution is 2.38. The molecule has 1 amide bonds. The van der Waals surface area contributed by atoms with Gasteiger partial charge in [-0.2, -0.15) is 0 Å². The summed E-state index contributed by atoms with van der Waals surface area (Å²) in [7, 11) is 1.51. The van der Waals surface area contributed by atoms with Crippen molar-refractivity contribution in [2.45, 2.75) is 0 Å². The van der Waals surface area contributed by atoms with Crippen LogP contribution in [0.2, 0.25) is 0 Å². The van der Waals surface area contributed by atoms with Crippen molar-refractivity contribution in [3.63, 3.8) is 0 Å². The van der Waals surface area contributed by atoms with E-state index in [1.165, 1.54) is 24.5 Å². The van der Waals surface area contributed by atoms with E-state index in [0.29, 0.717) is 11.1 Å². The number of aromatic hydroxyl groups is 1. The molecule has 0 unspecified atom stereocenters. The van der Waals surface area contributed by atoms with Crippen molar-refractivity contribution in [3.05, 3.63) is 23.1 Å². The average Bonchev–Trinajstić information content (AvgIpc) is 2.67. The zero-order valence-corrected chi connectivity index (χ0v) is 8.80. The number of hydrogen-bond donors (Lipinski definition) is 2. The summed E-state index contributed by atoms with van der Waals surface area (Å²) in [5.41, 5.74) is 5.23. The summed E-state index contributed by atoms with van der Waals surface area (Å²) >= 11 is 1.44. The molecule has 0 aliphatic heterocycles. The van der Waals surface area contributed by atoms with E-state index in [9.17, 15) is 9.90 Å². The molecule has 0 aliphatic rings. The van der Waals surface area contributed by atoms with E-state index < -0.39 is 5.91 Å². The molecular weight excluding hydrogens is 214 g/mol. The predicted octanol–water partition coefficient (Wildman–Crippen LogP) is 1.71. The second-order valence-corrected chi connectivity index (χ2v) is 3.92. The minimum atomic E-state index is -0.668. The molecule has 0 spiro atoms. The molecular formula is C10H9NO3S. The van der Waals surface area contributed by atoms with E-state index in [1.54, 1.807) is 6.07 Å². The molecule has 2 aromatic rings. The van der Waals surface area contributed by atoms with Crippen LogP contribution in [-0.2, 0) is 0 Å². The highest BCUT2D eigenvalue weighted by Gasteiger charge is 2.16. The number of phenols is 1. The largest absolute Gasteiger partial charge is 0.506 e. The summed E-state index contributed by atoms with van der Waals surface area (Å²) in [5.74, 6) is -0.204. The van der Waals surface area contributed by atoms with Crippen molar-refractivity contribution in [2.24, 2.45) is 5.73 Å². The Morgan fingerprint density at radius 2 is 2.33 bits per heavy atom. The van der Waals surface area contributed by atoms with Gasteiger partial charge in [0, 0.05) is 5.39 Å². The number of ether oxygens (including phenoxy) is 1. The van der Waals surface area contributed by atoms with E-state index in [2.05, 4.69) is 0 Å². The molecule has 0 bridgehead atoms. The third kappa shape index (κ3) is 1.41. The van der Waals surface area contributed by atoms with Crippen LogP contribution in [0.4, 0.5) is 0 Å². The summed E-state index contributed by atoms with van der Waals surface area (Å²) in [6.07, 6.45) is 0. The second-order valence-electron chi connectivity index (χ2n) is 3.00. The van der Waals surface area contributed by atoms with Crippen LogP contribution in [0, 0.1) is 0 Å². The van der Waals surface area contributed by atoms with Gasteiger partial charge in [-0.15, -0.1) is 11.3 Å². The van der Waals surface area contributed by atoms with Crippen LogP contribution in [0.15, 0.2) is 17.5 Å². The molecule has 1 aromatic heterocycles. The van der Waals surface area contributed by atoms with Gasteiger partial charge in [0.25, 0.3) is 5.91 Å². The van der Waals surface area contributed by atoms with Crippen molar-refractivity contribution in [1.29, 1.82) is 0 Å². The summed E-state index contributed by atoms with van der Waals surface area (Å²) in [5, 5.41) is 12.2. The van der Waals surface area contributed by atoms with Crippen LogP contribution < -0.4 is 10.5 Å². The van der Waals surface area contributed by atoms with Crippen LogP contribution in [0.25, 0.3) is 10.1 Å². The third-order valence-electron chi connectivity index (χ3n) is 2.16. The number of primary amides is 1. The number of nitrogens with two attached hydrogens (primary N) is 1. The maximum Gasteiger partial charge on any atom is 0.252 e. The summed E-state index contributed by atoms with van der Waals surface area (Å²) in [4.78, 5) is 11.1. The van der Waals surface area contributed by atoms with Crippen LogP contribution >= 0.6 is 11.3 Å². The number of benzene rings is 1. The summed E-state index contributed by atoms with van der Waals surface area (Å²) < 4.78 is 5.93. The molecule has 3 N–H and O–H groups in total. The maximum absolute atomic E-state index is 11.1. The van der Waals surface area contributed by atoms with E-state index in [0.717, 1.165) is 4.70 Å². The maximum atomic E-state index is 11.1. The number of hydrogen-bond acceptors (Lipinski definition) is 4. The van der Waals surface area contributed by atoms with Crippen molar-refractivity contribution < 1.29 is 14.6 Å². The molecule has 15 heavy (non-hydrogen) atoms. The molecule has 2 rings (SSSR count). The SMILES string of the molecule is COc1cc(C(N)=O)c(O)c2ccsc12. The van der Waals surface area contributed by atoms with E-state index in [1.807, 2.05) is 5.38 Å². The molecule has 0 aliphatic carbocycles. The molecule has 0 atom stereocenters. The minimum absolute atomic E-state index is 0.0813. The Morgan fingerprint density at radius 1 is 1.60 bits per heavy atom. The fourth-order valence-electron chi connectivity index (χ4n) is 1.44. The summed E-state index contributed by atoms with van der Waals surface area (Å²) in [6.45, 7) is 0. The lowest BCUT2D eigenvalue weighted by atomic mass is 10.1. The quantitative estimate of drug-likeness (QED) is 0.814. The first-order chi connectivity index (χ1) is 7.15. The van der Waals surface area contributed by atoms with Gasteiger partial charge in [-0.05, 0) is 17.5 Å². The number of carbonyl (C=O) groups excluding carboxylic acids is 1. The Hall–Kier alpha value is -1.75. The molecule has 1 heterocycles. The Labute approximate surface area is 89.9 Å². The molecule has 0 radical (unpaired) electrons. The van der Waals surface area contributed by atoms with E-state index >= 15 is 0 Å². The Bertz CT molecular complexity index is 533. The number of thiophene rings is 1. The Morgan fingerprint density at radius 3 is 2.93 bits per heavy atom. The van der Waals surface area contributed by atoms with E-state index in [4.69, 9.17) is 10.5 Å². The predicted molar refractivity (Wildman–Crippen MR) is 58.6 cm³/mol. The minimum Gasteiger partial charge on any atom is -0.506 e. The van der Waals surface area contributed by atoms with Crippen molar-refractivity contribution in [2.75, 3.05) is 7.11 Å². The van der Waals surface area contributed by atoms with Crippen molar-refractivity contribution >= 4 is 27.3 Å². The number of methoxy groups -OCH3 is 1. The third-order valence-corrected chi connectivity index (χ3v) is 3.09. The standard InChI is InChI=1S/C10H9NO3S/c1-14-7-4-6(10(11)13)8(12)5-2-3-15-9(5)7/h2-4,12H,1H3,(H2,11,13). The highest BCUT2D eigenvalue weighted by molar-refractivity contribution is 7.17. The lowest BCUT2D eigenvalue weighted by molar-refractivity contribution is 0.0997. The molecule has 0 saturated carbocycles. The van der Waals surface area contributed by atoms with Gasteiger partial charge in [0.05, 0.1) is 17.4 Å². The molecule has 0 fully saturated rings. The van der Waals surface area contributed by atoms with Crippen molar-refractivity contribution in [3.8, 4) is 11.5 Å². The number of fused-ring (bicyclic) bond motifs is 1. The molecule has 4 nitrogen and oxygen atoms in total. The monoisotopic (exact) mass is 223 g/mol. The van der Waals surface area contributed by atoms with Gasteiger partial charge < -0.3 is 15.6 Å². The summed E-state index contributed by atoms with van der Waals surface area (Å²) in [6, 6.07) is 3.18. The van der Waals surface area contributed by atoms with E-state index in [-0.39, 0.29) is 11.3 Å². The fraction of sp³-hybridized carbons (Fsp3) is 0.100. The topological polar surface area (TPSA) is 72.5 Å². The van der Waals surface area contributed by atoms with Crippen LogP contribution in [0.3, 0.4) is 0 Å². The molecule has 1 aromatic carbocycles. The highest BCUT2D eigenvalue weighted by atomic mass is 32.1. The molecule has 5 heteroatoms. The number of rotatable bonds is 2. The van der Waals surface area contributed by atoms with Gasteiger partial charge >= 0.3 is 0 Å². The zero-order valence-electron chi connectivity index (χ0n) is 7.98. The van der Waals surface area contributed by atoms with Crippen LogP contribution in [0.5, 0.6) is 11.5 Å².